The number of aromatic nitrogens is 4. The van der Waals surface area contributed by atoms with Gasteiger partial charge in [0, 0.05) is 24.4 Å². The molecule has 18 nitrogen and oxygen atoms in total. The molecule has 0 aliphatic carbocycles. The van der Waals surface area contributed by atoms with Gasteiger partial charge in [0.15, 0.2) is 28.5 Å². The second-order valence-corrected chi connectivity index (χ2v) is 28.8. The van der Waals surface area contributed by atoms with Gasteiger partial charge >= 0.3 is 11.4 Å². The van der Waals surface area contributed by atoms with E-state index in [0.717, 1.165) is 25.3 Å². The molecule has 316 valence electrons. The van der Waals surface area contributed by atoms with Gasteiger partial charge in [-0.2, -0.15) is 8.42 Å². The van der Waals surface area contributed by atoms with E-state index in [2.05, 4.69) is 16.8 Å². The van der Waals surface area contributed by atoms with E-state index in [9.17, 15) is 37.8 Å². The lowest BCUT2D eigenvalue weighted by atomic mass is 9.89. The molecule has 7 atom stereocenters. The quantitative estimate of drug-likeness (QED) is 0.157. The highest BCUT2D eigenvalue weighted by Gasteiger charge is 2.67. The van der Waals surface area contributed by atoms with Gasteiger partial charge in [-0.3, -0.25) is 23.7 Å². The number of aromatic amines is 1. The van der Waals surface area contributed by atoms with E-state index >= 15 is 0 Å². The van der Waals surface area contributed by atoms with Crippen molar-refractivity contribution in [3.63, 3.8) is 0 Å². The minimum absolute atomic E-state index is 0.0331. The third kappa shape index (κ3) is 8.39. The molecule has 2 saturated heterocycles. The molecule has 5 N–H and O–H groups in total. The Morgan fingerprint density at radius 2 is 1.65 bits per heavy atom. The van der Waals surface area contributed by atoms with Crippen LogP contribution >= 0.6 is 0 Å². The zero-order valence-corrected chi connectivity index (χ0v) is 37.1. The fraction of sp³-hybridized carbons (Fsp3) is 0.667. The highest BCUT2D eigenvalue weighted by molar-refractivity contribution is 7.90. The van der Waals surface area contributed by atoms with Crippen molar-refractivity contribution in [1.29, 1.82) is 0 Å². The highest BCUT2D eigenvalue weighted by atomic mass is 32.2. The van der Waals surface area contributed by atoms with Gasteiger partial charge in [0.2, 0.25) is 0 Å². The lowest BCUT2D eigenvalue weighted by Crippen LogP contribution is -2.59. The molecular weight excluding hydrogens is 799 g/mol. The Balaban J connectivity index is 1.61. The molecule has 21 heteroatoms. The van der Waals surface area contributed by atoms with E-state index in [1.807, 2.05) is 67.7 Å². The molecule has 57 heavy (non-hydrogen) atoms. The predicted octanol–water partition coefficient (Wildman–Crippen LogP) is 1.07. The van der Waals surface area contributed by atoms with Crippen LogP contribution in [0, 0.1) is 18.8 Å². The van der Waals surface area contributed by atoms with E-state index in [4.69, 9.17) is 28.2 Å². The first-order valence-electron chi connectivity index (χ1n) is 18.6. The number of nitrogens with two attached hydrogens (primary N) is 1. The van der Waals surface area contributed by atoms with Gasteiger partial charge in [0.05, 0.1) is 37.0 Å². The smallest absolute Gasteiger partial charge is 0.334 e. The second-order valence-electron chi connectivity index (χ2n) is 17.8. The lowest BCUT2D eigenvalue weighted by Gasteiger charge is -2.43. The van der Waals surface area contributed by atoms with Gasteiger partial charge in [0.1, 0.15) is 30.1 Å². The molecule has 0 amide bonds. The molecule has 2 aromatic rings. The first-order chi connectivity index (χ1) is 26.1. The van der Waals surface area contributed by atoms with Gasteiger partial charge in [-0.15, -0.1) is 0 Å². The number of rotatable bonds is 9. The minimum atomic E-state index is -4.34. The summed E-state index contributed by atoms with van der Waals surface area (Å²) in [6.07, 6.45) is -4.47. The molecule has 3 aliphatic heterocycles. The molecule has 0 radical (unpaired) electrons. The molecule has 2 fully saturated rings. The SMILES string of the molecule is Cc1cn([C@@H]2O[C@H](CO[Si](C)(C)C(C)(C)C)[C@@]3(OS(=O)(=O)C=C3N)[C@H]2O[Si](C)(C)C(C)(C)C)c(=O)n(CC#Cc2cn([C@@H]3C[C@@H](O)[C@H](CO)O3)c(=O)[nH]c2=O)c1=O. The number of aliphatic hydroxyl groups excluding tert-OH is 2. The summed E-state index contributed by atoms with van der Waals surface area (Å²) >= 11 is 0. The first kappa shape index (κ1) is 44.7. The maximum absolute atomic E-state index is 14.4. The zero-order chi connectivity index (χ0) is 42.8. The Labute approximate surface area is 332 Å². The summed E-state index contributed by atoms with van der Waals surface area (Å²) in [5.41, 5.74) is 1.11. The Morgan fingerprint density at radius 3 is 2.19 bits per heavy atom. The monoisotopic (exact) mass is 853 g/mol. The molecule has 3 aliphatic rings. The van der Waals surface area contributed by atoms with Crippen LogP contribution < -0.4 is 28.2 Å². The van der Waals surface area contributed by atoms with Crippen LogP contribution in [0.15, 0.2) is 42.7 Å². The average molecular weight is 854 g/mol. The van der Waals surface area contributed by atoms with Crippen molar-refractivity contribution in [2.45, 2.75) is 140 Å². The maximum Gasteiger partial charge on any atom is 0.334 e. The molecule has 5 rings (SSSR count). The molecule has 5 heterocycles. The molecule has 0 saturated carbocycles. The van der Waals surface area contributed by atoms with Crippen molar-refractivity contribution in [3.05, 3.63) is 76.3 Å². The van der Waals surface area contributed by atoms with Crippen LogP contribution in [0.2, 0.25) is 36.3 Å². The van der Waals surface area contributed by atoms with Gasteiger partial charge in [0.25, 0.3) is 21.2 Å². The van der Waals surface area contributed by atoms with E-state index in [1.165, 1.54) is 13.1 Å². The Bertz CT molecular complexity index is 2340. The highest BCUT2D eigenvalue weighted by Crippen LogP contribution is 2.52. The summed E-state index contributed by atoms with van der Waals surface area (Å²) in [5, 5.41) is 19.8. The largest absolute Gasteiger partial charge is 0.414 e. The number of ether oxygens (including phenoxy) is 2. The van der Waals surface area contributed by atoms with E-state index in [-0.39, 0.29) is 34.9 Å². The van der Waals surface area contributed by atoms with E-state index in [0.29, 0.717) is 0 Å². The van der Waals surface area contributed by atoms with Crippen LogP contribution in [0.3, 0.4) is 0 Å². The summed E-state index contributed by atoms with van der Waals surface area (Å²) in [6, 6.07) is 0. The molecule has 2 aromatic heterocycles. The van der Waals surface area contributed by atoms with Crippen molar-refractivity contribution < 1.29 is 41.1 Å². The Hall–Kier alpha value is -3.44. The van der Waals surface area contributed by atoms with E-state index < -0.39 is 110 Å². The van der Waals surface area contributed by atoms with Gasteiger partial charge in [-0.25, -0.2) is 18.3 Å². The minimum Gasteiger partial charge on any atom is -0.414 e. The van der Waals surface area contributed by atoms with Gasteiger partial charge in [-0.1, -0.05) is 53.4 Å². The van der Waals surface area contributed by atoms with Crippen molar-refractivity contribution in [3.8, 4) is 11.8 Å². The summed E-state index contributed by atoms with van der Waals surface area (Å²) in [6.45, 7) is 20.4. The molecule has 0 bridgehead atoms. The summed E-state index contributed by atoms with van der Waals surface area (Å²) in [5.74, 6) is 5.28. The van der Waals surface area contributed by atoms with Crippen molar-refractivity contribution in [2.75, 3.05) is 13.2 Å². The molecule has 0 unspecified atom stereocenters. The number of aryl methyl sites for hydroxylation is 1. The molecular formula is C36H55N5O13SSi2. The fourth-order valence-corrected chi connectivity index (χ4v) is 9.85. The summed E-state index contributed by atoms with van der Waals surface area (Å²) < 4.78 is 60.9. The predicted molar refractivity (Wildman–Crippen MR) is 214 cm³/mol. The zero-order valence-electron chi connectivity index (χ0n) is 34.2. The van der Waals surface area contributed by atoms with Crippen molar-refractivity contribution >= 4 is 26.8 Å². The first-order valence-corrected chi connectivity index (χ1v) is 25.9. The second kappa shape index (κ2) is 15.3. The van der Waals surface area contributed by atoms with Gasteiger partial charge < -0.3 is 34.3 Å². The van der Waals surface area contributed by atoms with Crippen LogP contribution in [0.5, 0.6) is 0 Å². The number of hydrogen-bond acceptors (Lipinski definition) is 14. The van der Waals surface area contributed by atoms with Crippen LogP contribution in [0.4, 0.5) is 0 Å². The molecule has 1 spiro atoms. The van der Waals surface area contributed by atoms with Crippen molar-refractivity contribution in [2.24, 2.45) is 5.73 Å². The van der Waals surface area contributed by atoms with E-state index in [1.54, 1.807) is 0 Å². The normalized spacial score (nSPS) is 27.8. The van der Waals surface area contributed by atoms with Crippen LogP contribution in [-0.4, -0.2) is 97.2 Å². The third-order valence-electron chi connectivity index (χ3n) is 11.8. The Kier molecular flexibility index (Phi) is 12.0. The summed E-state index contributed by atoms with van der Waals surface area (Å²) in [4.78, 5) is 55.4. The fourth-order valence-electron chi connectivity index (χ4n) is 6.35. The van der Waals surface area contributed by atoms with Gasteiger partial charge in [-0.05, 0) is 43.2 Å². The molecule has 0 aromatic carbocycles. The third-order valence-corrected chi connectivity index (χ3v) is 21.8. The maximum atomic E-state index is 14.4. The summed E-state index contributed by atoms with van der Waals surface area (Å²) in [7, 11) is -9.67. The topological polar surface area (TPSA) is 246 Å². The van der Waals surface area contributed by atoms with Crippen molar-refractivity contribution in [1.82, 2.24) is 18.7 Å². The Morgan fingerprint density at radius 1 is 1.02 bits per heavy atom. The van der Waals surface area contributed by atoms with Crippen LogP contribution in [0.1, 0.15) is 71.5 Å². The number of aliphatic hydroxyl groups is 2. The van der Waals surface area contributed by atoms with Crippen LogP contribution in [0.25, 0.3) is 0 Å². The lowest BCUT2D eigenvalue weighted by molar-refractivity contribution is -0.0567. The van der Waals surface area contributed by atoms with Crippen LogP contribution in [-0.2, 0) is 39.2 Å². The standard InChI is InChI=1S/C36H55N5O13SSi2/c1-21-16-41(33(47)39(30(21)45)14-12-13-22-17-40(32(46)38-29(22)44)27-15-23(43)24(18-42)51-27)31-28(53-57(10,11)35(5,6)7)36(25(37)20-55(48,49)54-36)26(52-31)19-50-56(8,9)34(2,3)4/h16-17,20,23-24,26-28,31,42-43H,14-15,18-19,37H2,1-11H3,(H,38,44,46)/t23-,24+,26-,27+,28+,31-,36-/m1/s1. The average Bonchev–Trinajstić information content (AvgIpc) is 3.68. The number of nitrogens with one attached hydrogen (secondary N) is 1. The number of nitrogens with zero attached hydrogens (tertiary/aromatic N) is 3. The number of H-pyrrole nitrogens is 1. The number of hydrogen-bond donors (Lipinski definition) is 4.